The van der Waals surface area contributed by atoms with Gasteiger partial charge in [0, 0.05) is 23.1 Å². The Kier molecular flexibility index (Phi) is 4.47. The molecule has 0 radical (unpaired) electrons. The van der Waals surface area contributed by atoms with E-state index in [0.717, 1.165) is 10.9 Å². The van der Waals surface area contributed by atoms with Crippen LogP contribution in [-0.4, -0.2) is 16.0 Å². The van der Waals surface area contributed by atoms with Gasteiger partial charge in [-0.15, -0.1) is 0 Å². The molecule has 2 aromatic carbocycles. The molecule has 4 nitrogen and oxygen atoms in total. The molecule has 0 saturated carbocycles. The number of hydrogen-bond donors (Lipinski definition) is 2. The van der Waals surface area contributed by atoms with Gasteiger partial charge >= 0.3 is 0 Å². The number of phenolic OH excluding ortho intramolecular Hbond substituents is 1. The van der Waals surface area contributed by atoms with Crippen LogP contribution in [0.15, 0.2) is 60.8 Å². The monoisotopic (exact) mass is 320 g/mol. The molecule has 0 aliphatic rings. The lowest BCUT2D eigenvalue weighted by Gasteiger charge is -2.22. The Morgan fingerprint density at radius 2 is 1.79 bits per heavy atom. The number of carbonyl (C=O) groups excluding carboxylic acids is 1. The number of carbonyl (C=O) groups is 1. The van der Waals surface area contributed by atoms with Gasteiger partial charge in [-0.1, -0.05) is 62.4 Å². The van der Waals surface area contributed by atoms with Crippen LogP contribution < -0.4 is 5.32 Å². The largest absolute Gasteiger partial charge is 0.505 e. The third-order valence-corrected chi connectivity index (χ3v) is 4.03. The molecule has 0 spiro atoms. The first-order valence-electron chi connectivity index (χ1n) is 8.00. The number of fused-ring (bicyclic) bond motifs is 1. The van der Waals surface area contributed by atoms with Gasteiger partial charge in [-0.05, 0) is 11.6 Å². The van der Waals surface area contributed by atoms with Gasteiger partial charge in [-0.25, -0.2) is 0 Å². The van der Waals surface area contributed by atoms with Crippen molar-refractivity contribution in [3.63, 3.8) is 0 Å². The Morgan fingerprint density at radius 1 is 1.04 bits per heavy atom. The lowest BCUT2D eigenvalue weighted by molar-refractivity contribution is -0.124. The quantitative estimate of drug-likeness (QED) is 0.768. The van der Waals surface area contributed by atoms with Crippen molar-refractivity contribution in [2.24, 2.45) is 5.92 Å². The van der Waals surface area contributed by atoms with Crippen LogP contribution in [-0.2, 0) is 4.79 Å². The highest BCUT2D eigenvalue weighted by molar-refractivity contribution is 5.86. The van der Waals surface area contributed by atoms with Crippen molar-refractivity contribution in [3.05, 3.63) is 71.9 Å². The molecule has 0 aliphatic heterocycles. The predicted octanol–water partition coefficient (Wildman–Crippen LogP) is 3.80. The van der Waals surface area contributed by atoms with Gasteiger partial charge in [-0.2, -0.15) is 0 Å². The van der Waals surface area contributed by atoms with Crippen LogP contribution in [0.2, 0.25) is 0 Å². The molecule has 1 unspecified atom stereocenters. The van der Waals surface area contributed by atoms with Gasteiger partial charge < -0.3 is 10.4 Å². The Bertz CT molecular complexity index is 860. The van der Waals surface area contributed by atoms with E-state index in [1.165, 1.54) is 0 Å². The number of rotatable bonds is 4. The molecule has 4 heteroatoms. The maximum atomic E-state index is 12.3. The van der Waals surface area contributed by atoms with E-state index in [9.17, 15) is 9.90 Å². The zero-order valence-corrected chi connectivity index (χ0v) is 13.7. The van der Waals surface area contributed by atoms with Gasteiger partial charge in [0.2, 0.25) is 5.91 Å². The Labute approximate surface area is 141 Å². The maximum Gasteiger partial charge on any atom is 0.223 e. The summed E-state index contributed by atoms with van der Waals surface area (Å²) in [6.07, 6.45) is 1.65. The molecular formula is C20H20N2O2. The SMILES string of the molecule is CC(C)C(=O)NC(c1ccccc1)c1ccc2cccnc2c1O. The number of aromatic nitrogens is 1. The maximum absolute atomic E-state index is 12.3. The minimum Gasteiger partial charge on any atom is -0.505 e. The molecule has 1 atom stereocenters. The number of amides is 1. The van der Waals surface area contributed by atoms with E-state index in [-0.39, 0.29) is 17.6 Å². The van der Waals surface area contributed by atoms with Gasteiger partial charge in [0.1, 0.15) is 11.3 Å². The smallest absolute Gasteiger partial charge is 0.223 e. The van der Waals surface area contributed by atoms with Crippen molar-refractivity contribution in [1.82, 2.24) is 10.3 Å². The minimum absolute atomic E-state index is 0.0654. The van der Waals surface area contributed by atoms with E-state index in [1.54, 1.807) is 6.20 Å². The summed E-state index contributed by atoms with van der Waals surface area (Å²) in [6, 6.07) is 16.7. The van der Waals surface area contributed by atoms with Crippen molar-refractivity contribution in [2.75, 3.05) is 0 Å². The number of pyridine rings is 1. The summed E-state index contributed by atoms with van der Waals surface area (Å²) in [5.74, 6) is -0.104. The first-order chi connectivity index (χ1) is 11.6. The Balaban J connectivity index is 2.12. The molecule has 3 rings (SSSR count). The molecule has 0 fully saturated rings. The Morgan fingerprint density at radius 3 is 2.50 bits per heavy atom. The summed E-state index contributed by atoms with van der Waals surface area (Å²) in [5.41, 5.74) is 2.09. The minimum atomic E-state index is -0.424. The van der Waals surface area contributed by atoms with Crippen LogP contribution in [0.5, 0.6) is 5.75 Å². The van der Waals surface area contributed by atoms with E-state index in [4.69, 9.17) is 0 Å². The molecule has 1 heterocycles. The number of phenols is 1. The van der Waals surface area contributed by atoms with Gasteiger partial charge in [0.25, 0.3) is 0 Å². The second-order valence-electron chi connectivity index (χ2n) is 6.09. The summed E-state index contributed by atoms with van der Waals surface area (Å²) in [4.78, 5) is 16.5. The predicted molar refractivity (Wildman–Crippen MR) is 94.7 cm³/mol. The van der Waals surface area contributed by atoms with Crippen LogP contribution in [0.3, 0.4) is 0 Å². The van der Waals surface area contributed by atoms with Crippen LogP contribution in [0.1, 0.15) is 31.0 Å². The highest BCUT2D eigenvalue weighted by atomic mass is 16.3. The van der Waals surface area contributed by atoms with Crippen molar-refractivity contribution in [1.29, 1.82) is 0 Å². The van der Waals surface area contributed by atoms with E-state index in [0.29, 0.717) is 11.1 Å². The number of nitrogens with zero attached hydrogens (tertiary/aromatic N) is 1. The highest BCUT2D eigenvalue weighted by Gasteiger charge is 2.22. The fourth-order valence-electron chi connectivity index (χ4n) is 2.67. The summed E-state index contributed by atoms with van der Waals surface area (Å²) in [7, 11) is 0. The van der Waals surface area contributed by atoms with E-state index in [1.807, 2.05) is 68.4 Å². The average Bonchev–Trinajstić information content (AvgIpc) is 2.61. The first-order valence-corrected chi connectivity index (χ1v) is 8.00. The molecule has 0 saturated heterocycles. The number of nitrogens with one attached hydrogen (secondary N) is 1. The van der Waals surface area contributed by atoms with Crippen molar-refractivity contribution < 1.29 is 9.90 Å². The molecular weight excluding hydrogens is 300 g/mol. The third-order valence-electron chi connectivity index (χ3n) is 4.03. The molecule has 1 aromatic heterocycles. The summed E-state index contributed by atoms with van der Waals surface area (Å²) in [5, 5.41) is 14.6. The van der Waals surface area contributed by atoms with Crippen molar-refractivity contribution in [3.8, 4) is 5.75 Å². The standard InChI is InChI=1S/C20H20N2O2/c1-13(2)20(24)22-17(14-7-4-3-5-8-14)16-11-10-15-9-6-12-21-18(15)19(16)23/h3-13,17,23H,1-2H3,(H,22,24). The van der Waals surface area contributed by atoms with E-state index >= 15 is 0 Å². The molecule has 0 aliphatic carbocycles. The summed E-state index contributed by atoms with van der Waals surface area (Å²) >= 11 is 0. The summed E-state index contributed by atoms with van der Waals surface area (Å²) < 4.78 is 0. The molecule has 122 valence electrons. The lowest BCUT2D eigenvalue weighted by atomic mass is 9.95. The number of benzene rings is 2. The van der Waals surface area contributed by atoms with Crippen molar-refractivity contribution in [2.45, 2.75) is 19.9 Å². The fourth-order valence-corrected chi connectivity index (χ4v) is 2.67. The molecule has 24 heavy (non-hydrogen) atoms. The van der Waals surface area contributed by atoms with Crippen LogP contribution in [0.4, 0.5) is 0 Å². The topological polar surface area (TPSA) is 62.2 Å². The molecule has 3 aromatic rings. The molecule has 1 amide bonds. The average molecular weight is 320 g/mol. The van der Waals surface area contributed by atoms with Gasteiger partial charge in [0.15, 0.2) is 0 Å². The van der Waals surface area contributed by atoms with E-state index < -0.39 is 6.04 Å². The Hall–Kier alpha value is -2.88. The van der Waals surface area contributed by atoms with Crippen LogP contribution in [0.25, 0.3) is 10.9 Å². The number of aromatic hydroxyl groups is 1. The van der Waals surface area contributed by atoms with Crippen LogP contribution >= 0.6 is 0 Å². The van der Waals surface area contributed by atoms with Gasteiger partial charge in [-0.3, -0.25) is 9.78 Å². The second-order valence-corrected chi connectivity index (χ2v) is 6.09. The fraction of sp³-hybridized carbons (Fsp3) is 0.200. The second kappa shape index (κ2) is 6.71. The van der Waals surface area contributed by atoms with Crippen molar-refractivity contribution >= 4 is 16.8 Å². The molecule has 0 bridgehead atoms. The molecule has 2 N–H and O–H groups in total. The zero-order chi connectivity index (χ0) is 17.1. The third kappa shape index (κ3) is 3.08. The normalized spacial score (nSPS) is 12.3. The van der Waals surface area contributed by atoms with E-state index in [2.05, 4.69) is 10.3 Å². The van der Waals surface area contributed by atoms with Crippen LogP contribution in [0, 0.1) is 5.92 Å². The highest BCUT2D eigenvalue weighted by Crippen LogP contribution is 2.34. The lowest BCUT2D eigenvalue weighted by Crippen LogP contribution is -2.32. The van der Waals surface area contributed by atoms with Gasteiger partial charge in [0.05, 0.1) is 6.04 Å². The summed E-state index contributed by atoms with van der Waals surface area (Å²) in [6.45, 7) is 3.69. The zero-order valence-electron chi connectivity index (χ0n) is 13.7. The first kappa shape index (κ1) is 16.0. The number of hydrogen-bond acceptors (Lipinski definition) is 3.